The van der Waals surface area contributed by atoms with Gasteiger partial charge in [0.2, 0.25) is 0 Å². The minimum atomic E-state index is 0.0523. The molecule has 0 spiro atoms. The Morgan fingerprint density at radius 3 is 2.93 bits per heavy atom. The van der Waals surface area contributed by atoms with Gasteiger partial charge in [0.1, 0.15) is 0 Å². The van der Waals surface area contributed by atoms with E-state index in [-0.39, 0.29) is 6.04 Å². The van der Waals surface area contributed by atoms with Crippen molar-refractivity contribution in [3.63, 3.8) is 0 Å². The van der Waals surface area contributed by atoms with E-state index in [4.69, 9.17) is 10.5 Å². The van der Waals surface area contributed by atoms with Crippen molar-refractivity contribution in [1.82, 2.24) is 0 Å². The second kappa shape index (κ2) is 6.17. The molecule has 80 valence electrons. The highest BCUT2D eigenvalue weighted by Crippen LogP contribution is 2.23. The lowest BCUT2D eigenvalue weighted by molar-refractivity contribution is 0.122. The van der Waals surface area contributed by atoms with Crippen LogP contribution in [0.5, 0.6) is 0 Å². The molecule has 0 saturated heterocycles. The van der Waals surface area contributed by atoms with Crippen LogP contribution in [0.1, 0.15) is 36.8 Å². The van der Waals surface area contributed by atoms with E-state index in [2.05, 4.69) is 25.3 Å². The van der Waals surface area contributed by atoms with Gasteiger partial charge in [-0.15, -0.1) is 11.3 Å². The SMILES string of the molecule is CCCOCC(N)c1sccc1CC. The van der Waals surface area contributed by atoms with E-state index >= 15 is 0 Å². The molecule has 14 heavy (non-hydrogen) atoms. The third-order valence-electron chi connectivity index (χ3n) is 2.14. The zero-order valence-corrected chi connectivity index (χ0v) is 9.77. The smallest absolute Gasteiger partial charge is 0.0667 e. The minimum Gasteiger partial charge on any atom is -0.379 e. The Labute approximate surface area is 90.1 Å². The van der Waals surface area contributed by atoms with Gasteiger partial charge in [0.15, 0.2) is 0 Å². The fraction of sp³-hybridized carbons (Fsp3) is 0.636. The maximum Gasteiger partial charge on any atom is 0.0667 e. The molecule has 0 amide bonds. The highest BCUT2D eigenvalue weighted by Gasteiger charge is 2.11. The van der Waals surface area contributed by atoms with Crippen LogP contribution in [0.4, 0.5) is 0 Å². The molecule has 1 aromatic rings. The summed E-state index contributed by atoms with van der Waals surface area (Å²) in [5, 5.41) is 2.11. The van der Waals surface area contributed by atoms with Crippen molar-refractivity contribution in [2.75, 3.05) is 13.2 Å². The molecule has 1 aromatic heterocycles. The van der Waals surface area contributed by atoms with Crippen molar-refractivity contribution in [2.45, 2.75) is 32.7 Å². The third-order valence-corrected chi connectivity index (χ3v) is 3.24. The monoisotopic (exact) mass is 213 g/mol. The molecule has 0 aromatic carbocycles. The Balaban J connectivity index is 2.47. The first kappa shape index (κ1) is 11.7. The van der Waals surface area contributed by atoms with Crippen LogP contribution in [0, 0.1) is 0 Å². The summed E-state index contributed by atoms with van der Waals surface area (Å²) in [6, 6.07) is 2.20. The molecule has 0 aliphatic heterocycles. The lowest BCUT2D eigenvalue weighted by Gasteiger charge is -2.11. The van der Waals surface area contributed by atoms with E-state index < -0.39 is 0 Å². The Morgan fingerprint density at radius 1 is 1.50 bits per heavy atom. The number of ether oxygens (including phenoxy) is 1. The summed E-state index contributed by atoms with van der Waals surface area (Å²) in [5.74, 6) is 0. The molecule has 0 aliphatic rings. The zero-order valence-electron chi connectivity index (χ0n) is 8.95. The summed E-state index contributed by atoms with van der Waals surface area (Å²) in [7, 11) is 0. The summed E-state index contributed by atoms with van der Waals surface area (Å²) < 4.78 is 5.45. The molecule has 0 radical (unpaired) electrons. The van der Waals surface area contributed by atoms with Crippen LogP contribution in [0.3, 0.4) is 0 Å². The first-order valence-electron chi connectivity index (χ1n) is 5.19. The number of aryl methyl sites for hydroxylation is 1. The van der Waals surface area contributed by atoms with Gasteiger partial charge in [0.25, 0.3) is 0 Å². The predicted octanol–water partition coefficient (Wildman–Crippen LogP) is 2.74. The molecule has 1 unspecified atom stereocenters. The van der Waals surface area contributed by atoms with Gasteiger partial charge in [-0.05, 0) is 29.9 Å². The van der Waals surface area contributed by atoms with E-state index in [1.807, 2.05) is 0 Å². The molecular weight excluding hydrogens is 194 g/mol. The highest BCUT2D eigenvalue weighted by molar-refractivity contribution is 7.10. The number of hydrogen-bond donors (Lipinski definition) is 1. The van der Waals surface area contributed by atoms with E-state index in [1.54, 1.807) is 11.3 Å². The van der Waals surface area contributed by atoms with Crippen LogP contribution < -0.4 is 5.73 Å². The average Bonchev–Trinajstić information content (AvgIpc) is 2.65. The summed E-state index contributed by atoms with van der Waals surface area (Å²) in [5.41, 5.74) is 7.41. The topological polar surface area (TPSA) is 35.2 Å². The summed E-state index contributed by atoms with van der Waals surface area (Å²) in [6.45, 7) is 5.71. The molecule has 0 saturated carbocycles. The van der Waals surface area contributed by atoms with Gasteiger partial charge in [0, 0.05) is 11.5 Å². The normalized spacial score (nSPS) is 13.1. The fourth-order valence-electron chi connectivity index (χ4n) is 1.40. The molecule has 1 atom stereocenters. The van der Waals surface area contributed by atoms with Crippen LogP contribution in [0.15, 0.2) is 11.4 Å². The van der Waals surface area contributed by atoms with Crippen LogP contribution in [-0.4, -0.2) is 13.2 Å². The van der Waals surface area contributed by atoms with Crippen molar-refractivity contribution >= 4 is 11.3 Å². The van der Waals surface area contributed by atoms with Crippen molar-refractivity contribution < 1.29 is 4.74 Å². The Kier molecular flexibility index (Phi) is 5.15. The second-order valence-electron chi connectivity index (χ2n) is 3.35. The van der Waals surface area contributed by atoms with Gasteiger partial charge in [-0.1, -0.05) is 13.8 Å². The molecule has 1 heterocycles. The quantitative estimate of drug-likeness (QED) is 0.737. The molecule has 1 rings (SSSR count). The average molecular weight is 213 g/mol. The van der Waals surface area contributed by atoms with E-state index in [0.717, 1.165) is 19.4 Å². The van der Waals surface area contributed by atoms with Crippen molar-refractivity contribution in [3.8, 4) is 0 Å². The molecule has 0 fully saturated rings. The maximum absolute atomic E-state index is 6.04. The summed E-state index contributed by atoms with van der Waals surface area (Å²) in [4.78, 5) is 1.28. The van der Waals surface area contributed by atoms with Crippen LogP contribution in [0.2, 0.25) is 0 Å². The highest BCUT2D eigenvalue weighted by atomic mass is 32.1. The van der Waals surface area contributed by atoms with Gasteiger partial charge in [-0.25, -0.2) is 0 Å². The molecule has 2 N–H and O–H groups in total. The van der Waals surface area contributed by atoms with Crippen molar-refractivity contribution in [1.29, 1.82) is 0 Å². The number of hydrogen-bond acceptors (Lipinski definition) is 3. The van der Waals surface area contributed by atoms with Crippen molar-refractivity contribution in [2.24, 2.45) is 5.73 Å². The van der Waals surface area contributed by atoms with Crippen LogP contribution >= 0.6 is 11.3 Å². The number of thiophene rings is 1. The van der Waals surface area contributed by atoms with E-state index in [9.17, 15) is 0 Å². The van der Waals surface area contributed by atoms with Gasteiger partial charge in [-0.3, -0.25) is 0 Å². The fourth-order valence-corrected chi connectivity index (χ4v) is 2.38. The molecule has 2 nitrogen and oxygen atoms in total. The minimum absolute atomic E-state index is 0.0523. The number of rotatable bonds is 6. The Morgan fingerprint density at radius 2 is 2.29 bits per heavy atom. The first-order valence-corrected chi connectivity index (χ1v) is 6.07. The lowest BCUT2D eigenvalue weighted by Crippen LogP contribution is -2.17. The Hall–Kier alpha value is -0.380. The van der Waals surface area contributed by atoms with E-state index in [1.165, 1.54) is 10.4 Å². The van der Waals surface area contributed by atoms with Crippen molar-refractivity contribution in [3.05, 3.63) is 21.9 Å². The number of nitrogens with two attached hydrogens (primary N) is 1. The van der Waals surface area contributed by atoms with Gasteiger partial charge in [-0.2, -0.15) is 0 Å². The van der Waals surface area contributed by atoms with Gasteiger partial charge < -0.3 is 10.5 Å². The summed E-state index contributed by atoms with van der Waals surface area (Å²) >= 11 is 1.74. The molecule has 0 aliphatic carbocycles. The summed E-state index contributed by atoms with van der Waals surface area (Å²) in [6.07, 6.45) is 2.11. The van der Waals surface area contributed by atoms with Crippen LogP contribution in [0.25, 0.3) is 0 Å². The van der Waals surface area contributed by atoms with Gasteiger partial charge in [0.05, 0.1) is 12.6 Å². The third kappa shape index (κ3) is 3.08. The van der Waals surface area contributed by atoms with E-state index in [0.29, 0.717) is 6.61 Å². The largest absolute Gasteiger partial charge is 0.379 e. The van der Waals surface area contributed by atoms with Crippen LogP contribution in [-0.2, 0) is 11.2 Å². The molecule has 0 bridgehead atoms. The zero-order chi connectivity index (χ0) is 10.4. The standard InChI is InChI=1S/C11H19NOS/c1-3-6-13-8-10(12)11-9(4-2)5-7-14-11/h5,7,10H,3-4,6,8,12H2,1-2H3. The first-order chi connectivity index (χ1) is 6.79. The van der Waals surface area contributed by atoms with Gasteiger partial charge >= 0.3 is 0 Å². The molecular formula is C11H19NOS. The second-order valence-corrected chi connectivity index (χ2v) is 4.29. The lowest BCUT2D eigenvalue weighted by atomic mass is 10.1. The maximum atomic E-state index is 6.04. The Bertz CT molecular complexity index is 260. The molecule has 3 heteroatoms. The predicted molar refractivity (Wildman–Crippen MR) is 61.7 cm³/mol.